The summed E-state index contributed by atoms with van der Waals surface area (Å²) in [6, 6.07) is 0. The molecule has 0 spiro atoms. The Hall–Kier alpha value is -1.64. The van der Waals surface area contributed by atoms with E-state index in [0.717, 1.165) is 24.0 Å². The SMILES string of the molecule is Cc1coc(=O)c(C(=O)/C=C/C2CCCCC2)c1C. The molecule has 0 radical (unpaired) electrons. The molecule has 0 unspecified atom stereocenters. The van der Waals surface area contributed by atoms with Crippen LogP contribution in [0.4, 0.5) is 0 Å². The molecule has 0 aromatic carbocycles. The molecule has 1 aromatic heterocycles. The van der Waals surface area contributed by atoms with E-state index in [0.29, 0.717) is 5.92 Å². The summed E-state index contributed by atoms with van der Waals surface area (Å²) < 4.78 is 4.87. The van der Waals surface area contributed by atoms with Crippen molar-refractivity contribution in [2.75, 3.05) is 0 Å². The Kier molecular flexibility index (Phi) is 4.35. The summed E-state index contributed by atoms with van der Waals surface area (Å²) in [5.41, 5.74) is 1.18. The lowest BCUT2D eigenvalue weighted by Gasteiger charge is -2.17. The number of aryl methyl sites for hydroxylation is 1. The largest absolute Gasteiger partial charge is 0.430 e. The van der Waals surface area contributed by atoms with Gasteiger partial charge in [-0.3, -0.25) is 4.79 Å². The van der Waals surface area contributed by atoms with Crippen LogP contribution in [0, 0.1) is 19.8 Å². The van der Waals surface area contributed by atoms with E-state index >= 15 is 0 Å². The summed E-state index contributed by atoms with van der Waals surface area (Å²) in [5, 5.41) is 0. The first-order valence-electron chi connectivity index (χ1n) is 6.91. The third-order valence-corrected chi connectivity index (χ3v) is 3.93. The first-order chi connectivity index (χ1) is 9.09. The van der Waals surface area contributed by atoms with Crippen molar-refractivity contribution in [3.05, 3.63) is 45.5 Å². The molecule has 0 bridgehead atoms. The maximum Gasteiger partial charge on any atom is 0.347 e. The maximum absolute atomic E-state index is 12.1. The van der Waals surface area contributed by atoms with Gasteiger partial charge in [0.25, 0.3) is 0 Å². The Morgan fingerprint density at radius 1 is 1.26 bits per heavy atom. The topological polar surface area (TPSA) is 47.3 Å². The first kappa shape index (κ1) is 13.8. The van der Waals surface area contributed by atoms with Crippen molar-refractivity contribution >= 4 is 5.78 Å². The van der Waals surface area contributed by atoms with Crippen LogP contribution in [0.15, 0.2) is 27.6 Å². The van der Waals surface area contributed by atoms with E-state index in [1.165, 1.54) is 25.5 Å². The molecule has 102 valence electrons. The van der Waals surface area contributed by atoms with Crippen LogP contribution in [0.2, 0.25) is 0 Å². The van der Waals surface area contributed by atoms with E-state index in [2.05, 4.69) is 0 Å². The highest BCUT2D eigenvalue weighted by Crippen LogP contribution is 2.24. The lowest BCUT2D eigenvalue weighted by molar-refractivity contribution is 0.104. The normalized spacial score (nSPS) is 16.9. The number of carbonyl (C=O) groups excluding carboxylic acids is 1. The van der Waals surface area contributed by atoms with E-state index < -0.39 is 5.63 Å². The van der Waals surface area contributed by atoms with Crippen molar-refractivity contribution in [2.24, 2.45) is 5.92 Å². The summed E-state index contributed by atoms with van der Waals surface area (Å²) in [6.45, 7) is 3.62. The van der Waals surface area contributed by atoms with Gasteiger partial charge in [0.1, 0.15) is 5.56 Å². The van der Waals surface area contributed by atoms with Crippen LogP contribution in [-0.4, -0.2) is 5.78 Å². The second kappa shape index (κ2) is 6.00. The van der Waals surface area contributed by atoms with Crippen molar-refractivity contribution in [3.63, 3.8) is 0 Å². The summed E-state index contributed by atoms with van der Waals surface area (Å²) >= 11 is 0. The minimum absolute atomic E-state index is 0.173. The van der Waals surface area contributed by atoms with Crippen LogP contribution in [0.25, 0.3) is 0 Å². The zero-order chi connectivity index (χ0) is 13.8. The van der Waals surface area contributed by atoms with E-state index in [1.807, 2.05) is 13.0 Å². The molecule has 3 nitrogen and oxygen atoms in total. The average molecular weight is 260 g/mol. The van der Waals surface area contributed by atoms with Crippen LogP contribution in [-0.2, 0) is 0 Å². The monoisotopic (exact) mass is 260 g/mol. The molecule has 1 heterocycles. The number of hydrogen-bond acceptors (Lipinski definition) is 3. The summed E-state index contributed by atoms with van der Waals surface area (Å²) in [7, 11) is 0. The lowest BCUT2D eigenvalue weighted by atomic mass is 9.88. The second-order valence-corrected chi connectivity index (χ2v) is 5.33. The van der Waals surface area contributed by atoms with E-state index in [1.54, 1.807) is 13.0 Å². The van der Waals surface area contributed by atoms with E-state index in [9.17, 15) is 9.59 Å². The number of hydrogen-bond donors (Lipinski definition) is 0. The third kappa shape index (κ3) is 3.22. The number of ketones is 1. The van der Waals surface area contributed by atoms with Crippen LogP contribution in [0.5, 0.6) is 0 Å². The van der Waals surface area contributed by atoms with Crippen LogP contribution in [0.3, 0.4) is 0 Å². The van der Waals surface area contributed by atoms with Gasteiger partial charge in [0, 0.05) is 0 Å². The first-order valence-corrected chi connectivity index (χ1v) is 6.91. The zero-order valence-corrected chi connectivity index (χ0v) is 11.6. The second-order valence-electron chi connectivity index (χ2n) is 5.33. The minimum Gasteiger partial charge on any atom is -0.430 e. The molecule has 1 fully saturated rings. The molecule has 0 saturated heterocycles. The Bertz CT molecular complexity index is 546. The average Bonchev–Trinajstić information content (AvgIpc) is 2.42. The molecule has 1 aliphatic carbocycles. The van der Waals surface area contributed by atoms with Gasteiger partial charge in [-0.2, -0.15) is 0 Å². The van der Waals surface area contributed by atoms with Crippen molar-refractivity contribution in [2.45, 2.75) is 46.0 Å². The van der Waals surface area contributed by atoms with Gasteiger partial charge in [-0.05, 0) is 49.8 Å². The van der Waals surface area contributed by atoms with E-state index in [4.69, 9.17) is 4.42 Å². The van der Waals surface area contributed by atoms with Gasteiger partial charge in [0.2, 0.25) is 0 Å². The van der Waals surface area contributed by atoms with Crippen molar-refractivity contribution in [1.82, 2.24) is 0 Å². The molecule has 0 aliphatic heterocycles. The van der Waals surface area contributed by atoms with Gasteiger partial charge in [-0.25, -0.2) is 4.79 Å². The summed E-state index contributed by atoms with van der Waals surface area (Å²) in [5.74, 6) is 0.246. The highest BCUT2D eigenvalue weighted by Gasteiger charge is 2.16. The molecule has 1 saturated carbocycles. The fourth-order valence-corrected chi connectivity index (χ4v) is 2.56. The highest BCUT2D eigenvalue weighted by atomic mass is 16.4. The molecule has 19 heavy (non-hydrogen) atoms. The predicted molar refractivity (Wildman–Crippen MR) is 74.5 cm³/mol. The molecule has 3 heteroatoms. The Labute approximate surface area is 113 Å². The standard InChI is InChI=1S/C16H20O3/c1-11-10-19-16(18)15(12(11)2)14(17)9-8-13-6-4-3-5-7-13/h8-10,13H,3-7H2,1-2H3/b9-8+. The third-order valence-electron chi connectivity index (χ3n) is 3.93. The van der Waals surface area contributed by atoms with Gasteiger partial charge >= 0.3 is 5.63 Å². The molecular weight excluding hydrogens is 240 g/mol. The van der Waals surface area contributed by atoms with Crippen molar-refractivity contribution in [3.8, 4) is 0 Å². The fourth-order valence-electron chi connectivity index (χ4n) is 2.56. The Balaban J connectivity index is 2.18. The molecular formula is C16H20O3. The van der Waals surface area contributed by atoms with Crippen molar-refractivity contribution in [1.29, 1.82) is 0 Å². The Morgan fingerprint density at radius 3 is 2.63 bits per heavy atom. The number of allylic oxidation sites excluding steroid dienone is 2. The predicted octanol–water partition coefficient (Wildman–Crippen LogP) is 3.58. The van der Waals surface area contributed by atoms with Gasteiger partial charge in [0.05, 0.1) is 6.26 Å². The zero-order valence-electron chi connectivity index (χ0n) is 11.6. The van der Waals surface area contributed by atoms with Gasteiger partial charge in [0.15, 0.2) is 5.78 Å². The Morgan fingerprint density at radius 2 is 1.95 bits per heavy atom. The molecule has 2 rings (SSSR count). The smallest absolute Gasteiger partial charge is 0.347 e. The van der Waals surface area contributed by atoms with Crippen molar-refractivity contribution < 1.29 is 9.21 Å². The maximum atomic E-state index is 12.1. The molecule has 1 aromatic rings. The molecule has 0 N–H and O–H groups in total. The van der Waals surface area contributed by atoms with Gasteiger partial charge in [-0.15, -0.1) is 0 Å². The van der Waals surface area contributed by atoms with Crippen LogP contribution < -0.4 is 5.63 Å². The number of rotatable bonds is 3. The van der Waals surface area contributed by atoms with Crippen LogP contribution in [0.1, 0.15) is 53.6 Å². The van der Waals surface area contributed by atoms with Gasteiger partial charge < -0.3 is 4.42 Å². The fraction of sp³-hybridized carbons (Fsp3) is 0.500. The lowest BCUT2D eigenvalue weighted by Crippen LogP contribution is -2.15. The number of carbonyl (C=O) groups is 1. The van der Waals surface area contributed by atoms with Crippen LogP contribution >= 0.6 is 0 Å². The molecule has 0 atom stereocenters. The summed E-state index contributed by atoms with van der Waals surface area (Å²) in [6.07, 6.45) is 11.0. The summed E-state index contributed by atoms with van der Waals surface area (Å²) in [4.78, 5) is 23.8. The molecule has 1 aliphatic rings. The minimum atomic E-state index is -0.540. The van der Waals surface area contributed by atoms with E-state index in [-0.39, 0.29) is 11.3 Å². The molecule has 0 amide bonds. The van der Waals surface area contributed by atoms with Gasteiger partial charge in [-0.1, -0.05) is 25.3 Å². The quantitative estimate of drug-likeness (QED) is 0.616. The highest BCUT2D eigenvalue weighted by molar-refractivity contribution is 6.05.